The van der Waals surface area contributed by atoms with Gasteiger partial charge in [0, 0.05) is 55.7 Å². The molecule has 0 unspecified atom stereocenters. The molecule has 2 heterocycles. The van der Waals surface area contributed by atoms with Crippen molar-refractivity contribution in [2.45, 2.75) is 12.7 Å². The molecule has 10 heteroatoms. The van der Waals surface area contributed by atoms with Gasteiger partial charge >= 0.3 is 6.18 Å². The maximum atomic E-state index is 13.8. The molecule has 1 saturated heterocycles. The van der Waals surface area contributed by atoms with Crippen LogP contribution in [0.1, 0.15) is 32.6 Å². The van der Waals surface area contributed by atoms with Gasteiger partial charge in [0.2, 0.25) is 0 Å². The van der Waals surface area contributed by atoms with Crippen LogP contribution in [0.4, 0.5) is 24.7 Å². The van der Waals surface area contributed by atoms with Crippen molar-refractivity contribution >= 4 is 29.0 Å². The molecular weight excluding hydrogens is 491 g/mol. The molecular formula is C26H23ClF3N5O. The second-order valence-electron chi connectivity index (χ2n) is 8.23. The summed E-state index contributed by atoms with van der Waals surface area (Å²) in [5.41, 5.74) is 6.31. The lowest BCUT2D eigenvalue weighted by Gasteiger charge is -2.28. The number of nitrogens with two attached hydrogens (primary N) is 1. The third kappa shape index (κ3) is 6.34. The fraction of sp³-hybridized carbons (Fsp3) is 0.231. The number of halogens is 4. The number of pyridine rings is 1. The van der Waals surface area contributed by atoms with Crippen molar-refractivity contribution in [1.82, 2.24) is 15.2 Å². The van der Waals surface area contributed by atoms with Crippen LogP contribution in [-0.2, 0) is 12.7 Å². The van der Waals surface area contributed by atoms with Crippen molar-refractivity contribution in [2.24, 2.45) is 0 Å². The first-order chi connectivity index (χ1) is 17.2. The van der Waals surface area contributed by atoms with Crippen LogP contribution in [-0.4, -0.2) is 42.0 Å². The first-order valence-electron chi connectivity index (χ1n) is 11.2. The number of hydrogen-bond donors (Lipinski definition) is 3. The van der Waals surface area contributed by atoms with E-state index in [-0.39, 0.29) is 29.2 Å². The number of alkyl halides is 3. The highest BCUT2D eigenvalue weighted by Crippen LogP contribution is 2.34. The van der Waals surface area contributed by atoms with E-state index in [0.717, 1.165) is 19.2 Å². The van der Waals surface area contributed by atoms with E-state index < -0.39 is 17.6 Å². The number of benzene rings is 2. The highest BCUT2D eigenvalue weighted by atomic mass is 35.5. The fourth-order valence-electron chi connectivity index (χ4n) is 3.79. The molecule has 4 rings (SSSR count). The van der Waals surface area contributed by atoms with E-state index in [9.17, 15) is 18.0 Å². The Morgan fingerprint density at radius 3 is 2.58 bits per heavy atom. The molecule has 0 aliphatic carbocycles. The summed E-state index contributed by atoms with van der Waals surface area (Å²) >= 11 is 6.22. The van der Waals surface area contributed by atoms with Gasteiger partial charge in [-0.25, -0.2) is 4.98 Å². The minimum Gasteiger partial charge on any atom is -0.383 e. The predicted octanol–water partition coefficient (Wildman–Crippen LogP) is 4.39. The van der Waals surface area contributed by atoms with Crippen molar-refractivity contribution in [2.75, 3.05) is 37.2 Å². The van der Waals surface area contributed by atoms with Crippen molar-refractivity contribution in [3.63, 3.8) is 0 Å². The largest absolute Gasteiger partial charge is 0.416 e. The fourth-order valence-corrected chi connectivity index (χ4v) is 3.95. The summed E-state index contributed by atoms with van der Waals surface area (Å²) in [6.07, 6.45) is -3.01. The van der Waals surface area contributed by atoms with Crippen molar-refractivity contribution in [3.05, 3.63) is 87.6 Å². The maximum absolute atomic E-state index is 13.8. The first-order valence-corrected chi connectivity index (χ1v) is 11.5. The standard InChI is InChI=1S/C26H23ClF3N5O/c27-23-8-6-19(14-18(23)4-3-17-2-1-9-33-24(17)31)25(36)34-21-7-5-20(22(15-21)26(28,29)30)16-35-12-10-32-11-13-35/h1-2,5-9,14-15,32H,10-13,16H2,(H2,31,33)(H,34,36). The van der Waals surface area contributed by atoms with Crippen LogP contribution in [0.15, 0.2) is 54.7 Å². The Balaban J connectivity index is 1.55. The number of rotatable bonds is 4. The maximum Gasteiger partial charge on any atom is 0.416 e. The number of piperazine rings is 1. The van der Waals surface area contributed by atoms with Crippen molar-refractivity contribution in [1.29, 1.82) is 0 Å². The van der Waals surface area contributed by atoms with Crippen LogP contribution < -0.4 is 16.4 Å². The molecule has 0 radical (unpaired) electrons. The van der Waals surface area contributed by atoms with Crippen LogP contribution in [0, 0.1) is 11.8 Å². The number of anilines is 2. The third-order valence-corrected chi connectivity index (χ3v) is 6.01. The highest BCUT2D eigenvalue weighted by molar-refractivity contribution is 6.32. The molecule has 0 spiro atoms. The van der Waals surface area contributed by atoms with E-state index in [1.807, 2.05) is 4.90 Å². The Kier molecular flexibility index (Phi) is 7.79. The van der Waals surface area contributed by atoms with E-state index in [1.165, 1.54) is 30.3 Å². The minimum atomic E-state index is -4.55. The van der Waals surface area contributed by atoms with Gasteiger partial charge in [-0.05, 0) is 48.0 Å². The SMILES string of the molecule is Nc1ncccc1C#Cc1cc(C(=O)Nc2ccc(CN3CCNCC3)c(C(F)(F)F)c2)ccc1Cl. The van der Waals surface area contributed by atoms with Gasteiger partial charge in [0.1, 0.15) is 5.82 Å². The number of nitrogen functional groups attached to an aromatic ring is 1. The zero-order valence-corrected chi connectivity index (χ0v) is 19.9. The number of nitrogens with zero attached hydrogens (tertiary/aromatic N) is 2. The molecule has 1 aliphatic rings. The van der Waals surface area contributed by atoms with Crippen LogP contribution in [0.5, 0.6) is 0 Å². The Hall–Kier alpha value is -3.58. The van der Waals surface area contributed by atoms with Gasteiger partial charge in [0.05, 0.1) is 16.1 Å². The number of hydrogen-bond acceptors (Lipinski definition) is 5. The second-order valence-corrected chi connectivity index (χ2v) is 8.64. The summed E-state index contributed by atoms with van der Waals surface area (Å²) in [5, 5.41) is 6.05. The van der Waals surface area contributed by atoms with Gasteiger partial charge in [-0.15, -0.1) is 0 Å². The van der Waals surface area contributed by atoms with Gasteiger partial charge < -0.3 is 16.4 Å². The summed E-state index contributed by atoms with van der Waals surface area (Å²) in [6, 6.07) is 11.7. The van der Waals surface area contributed by atoms with Gasteiger partial charge in [-0.1, -0.05) is 29.5 Å². The van der Waals surface area contributed by atoms with Gasteiger partial charge in [-0.2, -0.15) is 13.2 Å². The minimum absolute atomic E-state index is 0.0436. The van der Waals surface area contributed by atoms with E-state index in [0.29, 0.717) is 29.2 Å². The van der Waals surface area contributed by atoms with Crippen LogP contribution in [0.2, 0.25) is 5.02 Å². The van der Waals surface area contributed by atoms with Crippen LogP contribution in [0.3, 0.4) is 0 Å². The van der Waals surface area contributed by atoms with Gasteiger partial charge in [0.15, 0.2) is 0 Å². The normalized spacial score (nSPS) is 14.1. The number of aromatic nitrogens is 1. The Morgan fingerprint density at radius 1 is 1.11 bits per heavy atom. The smallest absolute Gasteiger partial charge is 0.383 e. The zero-order valence-electron chi connectivity index (χ0n) is 19.1. The summed E-state index contributed by atoms with van der Waals surface area (Å²) in [6.45, 7) is 3.00. The number of amides is 1. The molecule has 4 N–H and O–H groups in total. The average Bonchev–Trinajstić information content (AvgIpc) is 2.85. The van der Waals surface area contributed by atoms with E-state index in [2.05, 4.69) is 27.5 Å². The summed E-state index contributed by atoms with van der Waals surface area (Å²) in [4.78, 5) is 18.8. The molecule has 1 aromatic heterocycles. The van der Waals surface area contributed by atoms with E-state index in [4.69, 9.17) is 17.3 Å². The lowest BCUT2D eigenvalue weighted by atomic mass is 10.0. The summed E-state index contributed by atoms with van der Waals surface area (Å²) < 4.78 is 41.4. The quantitative estimate of drug-likeness (QED) is 0.451. The van der Waals surface area contributed by atoms with Crippen molar-refractivity contribution in [3.8, 4) is 11.8 Å². The molecule has 2 aromatic carbocycles. The average molecular weight is 514 g/mol. The number of carbonyl (C=O) groups is 1. The molecule has 0 bridgehead atoms. The van der Waals surface area contributed by atoms with Crippen LogP contribution in [0.25, 0.3) is 0 Å². The Morgan fingerprint density at radius 2 is 1.86 bits per heavy atom. The predicted molar refractivity (Wildman–Crippen MR) is 134 cm³/mol. The molecule has 186 valence electrons. The topological polar surface area (TPSA) is 83.3 Å². The molecule has 0 saturated carbocycles. The molecule has 1 fully saturated rings. The highest BCUT2D eigenvalue weighted by Gasteiger charge is 2.34. The first kappa shape index (κ1) is 25.5. The molecule has 3 aromatic rings. The second kappa shape index (κ2) is 11.0. The molecule has 1 amide bonds. The molecule has 6 nitrogen and oxygen atoms in total. The lowest BCUT2D eigenvalue weighted by Crippen LogP contribution is -2.43. The van der Waals surface area contributed by atoms with Crippen molar-refractivity contribution < 1.29 is 18.0 Å². The Bertz CT molecular complexity index is 1330. The molecule has 36 heavy (non-hydrogen) atoms. The Labute approximate surface area is 211 Å². The third-order valence-electron chi connectivity index (χ3n) is 5.68. The van der Waals surface area contributed by atoms with Gasteiger partial charge in [-0.3, -0.25) is 9.69 Å². The van der Waals surface area contributed by atoms with E-state index >= 15 is 0 Å². The number of carbonyl (C=O) groups excluding carboxylic acids is 1. The number of nitrogens with one attached hydrogen (secondary N) is 2. The van der Waals surface area contributed by atoms with Gasteiger partial charge in [0.25, 0.3) is 5.91 Å². The molecule has 1 aliphatic heterocycles. The zero-order chi connectivity index (χ0) is 25.7. The van der Waals surface area contributed by atoms with E-state index in [1.54, 1.807) is 18.3 Å². The molecule has 0 atom stereocenters. The summed E-state index contributed by atoms with van der Waals surface area (Å²) in [7, 11) is 0. The monoisotopic (exact) mass is 513 g/mol. The summed E-state index contributed by atoms with van der Waals surface area (Å²) in [5.74, 6) is 5.40. The lowest BCUT2D eigenvalue weighted by molar-refractivity contribution is -0.138. The van der Waals surface area contributed by atoms with Crippen LogP contribution >= 0.6 is 11.6 Å².